The first-order chi connectivity index (χ1) is 16.5. The lowest BCUT2D eigenvalue weighted by atomic mass is 9.96. The molecule has 1 atom stereocenters. The van der Waals surface area contributed by atoms with Gasteiger partial charge < -0.3 is 14.8 Å². The average molecular weight is 517 g/mol. The Labute approximate surface area is 211 Å². The third kappa shape index (κ3) is 6.68. The fraction of sp³-hybridized carbons (Fsp3) is 0.269. The van der Waals surface area contributed by atoms with Crippen LogP contribution in [0.25, 0.3) is 0 Å². The van der Waals surface area contributed by atoms with Crippen molar-refractivity contribution >= 4 is 33.2 Å². The lowest BCUT2D eigenvalue weighted by molar-refractivity contribution is -0.123. The lowest BCUT2D eigenvalue weighted by Crippen LogP contribution is -2.31. The molecule has 0 heterocycles. The molecule has 0 aliphatic carbocycles. The Morgan fingerprint density at radius 2 is 1.63 bits per heavy atom. The van der Waals surface area contributed by atoms with E-state index in [2.05, 4.69) is 29.1 Å². The van der Waals surface area contributed by atoms with Crippen LogP contribution in [0.4, 0.5) is 5.69 Å². The van der Waals surface area contributed by atoms with E-state index in [-0.39, 0.29) is 34.2 Å². The zero-order valence-electron chi connectivity index (χ0n) is 20.3. The number of carbonyl (C=O) groups excluding carboxylic acids is 1. The first-order valence-electron chi connectivity index (χ1n) is 11.0. The van der Waals surface area contributed by atoms with Crippen LogP contribution in [0.2, 0.25) is 5.02 Å². The Kier molecular flexibility index (Phi) is 8.30. The van der Waals surface area contributed by atoms with Gasteiger partial charge in [0.25, 0.3) is 15.9 Å². The third-order valence-corrected chi connectivity index (χ3v) is 7.32. The van der Waals surface area contributed by atoms with Crippen molar-refractivity contribution in [2.75, 3.05) is 18.4 Å². The summed E-state index contributed by atoms with van der Waals surface area (Å²) >= 11 is 6.25. The van der Waals surface area contributed by atoms with Crippen LogP contribution < -0.4 is 19.5 Å². The molecule has 0 aliphatic heterocycles. The molecular formula is C26H29ClN2O5S. The van der Waals surface area contributed by atoms with E-state index >= 15 is 0 Å². The second kappa shape index (κ2) is 11.0. The highest BCUT2D eigenvalue weighted by Crippen LogP contribution is 2.29. The summed E-state index contributed by atoms with van der Waals surface area (Å²) in [4.78, 5) is 12.4. The molecule has 0 spiro atoms. The van der Waals surface area contributed by atoms with E-state index in [1.807, 2.05) is 20.8 Å². The van der Waals surface area contributed by atoms with Crippen molar-refractivity contribution in [2.45, 2.75) is 38.6 Å². The van der Waals surface area contributed by atoms with Crippen molar-refractivity contribution < 1.29 is 22.7 Å². The Morgan fingerprint density at radius 3 is 2.26 bits per heavy atom. The summed E-state index contributed by atoms with van der Waals surface area (Å²) in [7, 11) is -2.34. The highest BCUT2D eigenvalue weighted by atomic mass is 35.5. The van der Waals surface area contributed by atoms with E-state index in [9.17, 15) is 13.2 Å². The Hall–Kier alpha value is -3.23. The minimum absolute atomic E-state index is 0.0334. The minimum Gasteiger partial charge on any atom is -0.497 e. The number of hydrogen-bond acceptors (Lipinski definition) is 5. The van der Waals surface area contributed by atoms with Gasteiger partial charge in [0.15, 0.2) is 6.61 Å². The van der Waals surface area contributed by atoms with Crippen molar-refractivity contribution in [3.05, 3.63) is 81.9 Å². The van der Waals surface area contributed by atoms with Crippen LogP contribution in [0, 0.1) is 20.8 Å². The molecule has 9 heteroatoms. The van der Waals surface area contributed by atoms with E-state index in [4.69, 9.17) is 21.1 Å². The maximum absolute atomic E-state index is 12.7. The number of anilines is 1. The van der Waals surface area contributed by atoms with Gasteiger partial charge in [0, 0.05) is 5.69 Å². The van der Waals surface area contributed by atoms with Gasteiger partial charge in [0.05, 0.1) is 23.1 Å². The molecule has 3 aromatic carbocycles. The summed E-state index contributed by atoms with van der Waals surface area (Å²) in [5, 5.41) is 3.00. The molecule has 3 rings (SSSR count). The second-order valence-corrected chi connectivity index (χ2v) is 10.4. The molecule has 0 bridgehead atoms. The van der Waals surface area contributed by atoms with Gasteiger partial charge >= 0.3 is 0 Å². The van der Waals surface area contributed by atoms with Gasteiger partial charge in [0.1, 0.15) is 11.5 Å². The summed E-state index contributed by atoms with van der Waals surface area (Å²) in [5.74, 6) is 0.504. The quantitative estimate of drug-likeness (QED) is 0.401. The van der Waals surface area contributed by atoms with Crippen LogP contribution in [-0.2, 0) is 14.8 Å². The van der Waals surface area contributed by atoms with Crippen molar-refractivity contribution in [1.82, 2.24) is 5.32 Å². The average Bonchev–Trinajstić information content (AvgIpc) is 2.80. The second-order valence-electron chi connectivity index (χ2n) is 8.30. The SMILES string of the molecule is COc1ccc(NS(=O)(=O)c2ccc(OCC(=O)N[C@H](C)c3cc(C)c(C)cc3C)c(Cl)c2)cc1. The summed E-state index contributed by atoms with van der Waals surface area (Å²) in [6.07, 6.45) is 0. The van der Waals surface area contributed by atoms with E-state index in [1.54, 1.807) is 24.3 Å². The van der Waals surface area contributed by atoms with E-state index in [0.29, 0.717) is 11.4 Å². The predicted octanol–water partition coefficient (Wildman–Crippen LogP) is 5.33. The molecule has 7 nitrogen and oxygen atoms in total. The monoisotopic (exact) mass is 516 g/mol. The zero-order valence-corrected chi connectivity index (χ0v) is 21.9. The van der Waals surface area contributed by atoms with Gasteiger partial charge in [-0.3, -0.25) is 9.52 Å². The largest absolute Gasteiger partial charge is 0.497 e. The summed E-state index contributed by atoms with van der Waals surface area (Å²) in [6, 6.07) is 14.5. The van der Waals surface area contributed by atoms with Gasteiger partial charge in [-0.25, -0.2) is 8.42 Å². The molecule has 0 aromatic heterocycles. The number of methoxy groups -OCH3 is 1. The van der Waals surface area contributed by atoms with Gasteiger partial charge in [-0.15, -0.1) is 0 Å². The number of ether oxygens (including phenoxy) is 2. The number of rotatable bonds is 9. The smallest absolute Gasteiger partial charge is 0.261 e. The number of amides is 1. The topological polar surface area (TPSA) is 93.7 Å². The maximum Gasteiger partial charge on any atom is 0.261 e. The summed E-state index contributed by atoms with van der Waals surface area (Å²) in [5.41, 5.74) is 4.88. The number of halogens is 1. The lowest BCUT2D eigenvalue weighted by Gasteiger charge is -2.19. The van der Waals surface area contributed by atoms with Crippen molar-refractivity contribution in [3.8, 4) is 11.5 Å². The zero-order chi connectivity index (χ0) is 25.8. The van der Waals surface area contributed by atoms with Gasteiger partial charge in [0.2, 0.25) is 0 Å². The third-order valence-electron chi connectivity index (χ3n) is 5.64. The van der Waals surface area contributed by atoms with E-state index in [0.717, 1.165) is 16.7 Å². The fourth-order valence-corrected chi connectivity index (χ4v) is 4.98. The van der Waals surface area contributed by atoms with E-state index < -0.39 is 10.0 Å². The molecule has 0 aliphatic rings. The van der Waals surface area contributed by atoms with Crippen LogP contribution in [-0.4, -0.2) is 28.0 Å². The van der Waals surface area contributed by atoms with Crippen LogP contribution >= 0.6 is 11.6 Å². The van der Waals surface area contributed by atoms with Gasteiger partial charge in [-0.05, 0) is 92.4 Å². The molecule has 35 heavy (non-hydrogen) atoms. The molecule has 0 fully saturated rings. The Bertz CT molecular complexity index is 1320. The molecule has 186 valence electrons. The Morgan fingerprint density at radius 1 is 0.971 bits per heavy atom. The van der Waals surface area contributed by atoms with E-state index in [1.165, 1.54) is 30.9 Å². The number of hydrogen-bond donors (Lipinski definition) is 2. The van der Waals surface area contributed by atoms with Crippen LogP contribution in [0.15, 0.2) is 59.5 Å². The number of benzene rings is 3. The van der Waals surface area contributed by atoms with Crippen molar-refractivity contribution in [3.63, 3.8) is 0 Å². The summed E-state index contributed by atoms with van der Waals surface area (Å²) < 4.78 is 38.5. The van der Waals surface area contributed by atoms with Gasteiger partial charge in [-0.1, -0.05) is 23.7 Å². The standard InChI is InChI=1S/C26H29ClN2O5S/c1-16-12-18(3)23(13-17(16)2)19(4)28-26(30)15-34-25-11-10-22(14-24(25)27)35(31,32)29-20-6-8-21(33-5)9-7-20/h6-14,19,29H,15H2,1-5H3,(H,28,30)/t19-/m1/s1. The molecule has 0 radical (unpaired) electrons. The molecule has 3 aromatic rings. The maximum atomic E-state index is 12.7. The molecule has 1 amide bonds. The highest BCUT2D eigenvalue weighted by molar-refractivity contribution is 7.92. The number of nitrogens with one attached hydrogen (secondary N) is 2. The van der Waals surface area contributed by atoms with Crippen molar-refractivity contribution in [2.24, 2.45) is 0 Å². The highest BCUT2D eigenvalue weighted by Gasteiger charge is 2.18. The Balaban J connectivity index is 1.62. The van der Waals surface area contributed by atoms with Gasteiger partial charge in [-0.2, -0.15) is 0 Å². The van der Waals surface area contributed by atoms with Crippen LogP contribution in [0.5, 0.6) is 11.5 Å². The normalized spacial score (nSPS) is 12.1. The van der Waals surface area contributed by atoms with Crippen LogP contribution in [0.3, 0.4) is 0 Å². The summed E-state index contributed by atoms with van der Waals surface area (Å²) in [6.45, 7) is 7.76. The molecular weight excluding hydrogens is 488 g/mol. The predicted molar refractivity (Wildman–Crippen MR) is 138 cm³/mol. The molecule has 0 saturated carbocycles. The molecule has 0 unspecified atom stereocenters. The fourth-order valence-electron chi connectivity index (χ4n) is 3.59. The number of sulfonamides is 1. The minimum atomic E-state index is -3.87. The molecule has 0 saturated heterocycles. The molecule has 2 N–H and O–H groups in total. The number of aryl methyl sites for hydroxylation is 3. The first kappa shape index (κ1) is 26.4. The number of carbonyl (C=O) groups is 1. The van der Waals surface area contributed by atoms with Crippen LogP contribution in [0.1, 0.15) is 35.2 Å². The first-order valence-corrected chi connectivity index (χ1v) is 12.8. The van der Waals surface area contributed by atoms with Crippen molar-refractivity contribution in [1.29, 1.82) is 0 Å².